The average Bonchev–Trinajstić information content (AvgIpc) is 2.64. The van der Waals surface area contributed by atoms with Crippen LogP contribution in [0, 0.1) is 11.6 Å². The fourth-order valence-corrected chi connectivity index (χ4v) is 1.29. The van der Waals surface area contributed by atoms with Crippen LogP contribution in [0.2, 0.25) is 0 Å². The largest absolute Gasteiger partial charge is 0.337 e. The minimum Gasteiger partial charge on any atom is -0.337 e. The van der Waals surface area contributed by atoms with Crippen molar-refractivity contribution in [3.8, 4) is 11.4 Å². The number of alkyl halides is 1. The molecule has 0 N–H and O–H groups in total. The Morgan fingerprint density at radius 1 is 1.25 bits per heavy atom. The Labute approximate surface area is 95.0 Å². The molecule has 0 fully saturated rings. The molecule has 2 aromatic rings. The van der Waals surface area contributed by atoms with Gasteiger partial charge in [-0.3, -0.25) is 0 Å². The van der Waals surface area contributed by atoms with E-state index in [1.54, 1.807) is 6.92 Å². The highest BCUT2D eigenvalue weighted by Crippen LogP contribution is 2.22. The van der Waals surface area contributed by atoms with Crippen LogP contribution in [0.25, 0.3) is 11.4 Å². The fourth-order valence-electron chi connectivity index (χ4n) is 1.20. The van der Waals surface area contributed by atoms with Crippen molar-refractivity contribution >= 4 is 11.6 Å². The molecule has 0 saturated carbocycles. The molecule has 1 atom stereocenters. The summed E-state index contributed by atoms with van der Waals surface area (Å²) in [6.07, 6.45) is 0. The summed E-state index contributed by atoms with van der Waals surface area (Å²) in [7, 11) is 0. The summed E-state index contributed by atoms with van der Waals surface area (Å²) in [5.41, 5.74) is 0.213. The molecule has 1 unspecified atom stereocenters. The van der Waals surface area contributed by atoms with Crippen LogP contribution in [0.4, 0.5) is 8.78 Å². The summed E-state index contributed by atoms with van der Waals surface area (Å²) in [6, 6.07) is 3.02. The second-order valence-electron chi connectivity index (χ2n) is 3.23. The van der Waals surface area contributed by atoms with Gasteiger partial charge in [0.15, 0.2) is 0 Å². The number of benzene rings is 1. The van der Waals surface area contributed by atoms with Gasteiger partial charge in [0, 0.05) is 11.6 Å². The van der Waals surface area contributed by atoms with Gasteiger partial charge in [0.2, 0.25) is 11.7 Å². The lowest BCUT2D eigenvalue weighted by atomic mass is 10.2. The summed E-state index contributed by atoms with van der Waals surface area (Å²) in [5.74, 6) is -1.07. The highest BCUT2D eigenvalue weighted by Gasteiger charge is 2.14. The minimum absolute atomic E-state index is 0.112. The number of hydrogen-bond donors (Lipinski definition) is 0. The molecule has 0 spiro atoms. The molecule has 6 heteroatoms. The van der Waals surface area contributed by atoms with Gasteiger partial charge < -0.3 is 4.52 Å². The van der Waals surface area contributed by atoms with Crippen molar-refractivity contribution in [3.63, 3.8) is 0 Å². The third kappa shape index (κ3) is 2.19. The van der Waals surface area contributed by atoms with E-state index < -0.39 is 17.0 Å². The van der Waals surface area contributed by atoms with Crippen LogP contribution in [-0.2, 0) is 0 Å². The summed E-state index contributed by atoms with van der Waals surface area (Å²) >= 11 is 5.72. The first-order chi connectivity index (χ1) is 7.56. The van der Waals surface area contributed by atoms with Crippen LogP contribution in [0.15, 0.2) is 22.7 Å². The van der Waals surface area contributed by atoms with Crippen molar-refractivity contribution in [3.05, 3.63) is 35.7 Å². The summed E-state index contributed by atoms with van der Waals surface area (Å²) in [6.45, 7) is 1.66. The van der Waals surface area contributed by atoms with E-state index >= 15 is 0 Å². The molecule has 84 valence electrons. The molecular formula is C10H7ClF2N2O. The van der Waals surface area contributed by atoms with Crippen molar-refractivity contribution < 1.29 is 13.3 Å². The van der Waals surface area contributed by atoms with Gasteiger partial charge in [-0.05, 0) is 19.1 Å². The van der Waals surface area contributed by atoms with E-state index in [1.807, 2.05) is 0 Å². The lowest BCUT2D eigenvalue weighted by molar-refractivity contribution is 0.379. The van der Waals surface area contributed by atoms with E-state index in [4.69, 9.17) is 16.1 Å². The van der Waals surface area contributed by atoms with Gasteiger partial charge in [0.05, 0.1) is 0 Å². The second-order valence-corrected chi connectivity index (χ2v) is 3.89. The molecule has 3 nitrogen and oxygen atoms in total. The second kappa shape index (κ2) is 4.17. The predicted octanol–water partition coefficient (Wildman–Crippen LogP) is 3.31. The van der Waals surface area contributed by atoms with Gasteiger partial charge in [-0.2, -0.15) is 4.98 Å². The molecular weight excluding hydrogens is 238 g/mol. The maximum absolute atomic E-state index is 12.9. The number of halogens is 3. The maximum atomic E-state index is 12.9. The van der Waals surface area contributed by atoms with Gasteiger partial charge in [-0.25, -0.2) is 8.78 Å². The third-order valence-corrected chi connectivity index (χ3v) is 2.09. The van der Waals surface area contributed by atoms with E-state index in [-0.39, 0.29) is 17.3 Å². The zero-order valence-corrected chi connectivity index (χ0v) is 9.00. The first kappa shape index (κ1) is 11.0. The van der Waals surface area contributed by atoms with Crippen LogP contribution in [-0.4, -0.2) is 10.1 Å². The molecule has 1 heterocycles. The van der Waals surface area contributed by atoms with Crippen molar-refractivity contribution in [2.45, 2.75) is 12.3 Å². The Balaban J connectivity index is 2.42. The molecule has 0 aliphatic carbocycles. The SMILES string of the molecule is CC(Cl)c1nc(-c2cc(F)cc(F)c2)no1. The minimum atomic E-state index is -0.694. The quantitative estimate of drug-likeness (QED) is 0.761. The van der Waals surface area contributed by atoms with Crippen LogP contribution in [0.5, 0.6) is 0 Å². The molecule has 1 aromatic carbocycles. The average molecular weight is 245 g/mol. The smallest absolute Gasteiger partial charge is 0.244 e. The summed E-state index contributed by atoms with van der Waals surface area (Å²) in [4.78, 5) is 3.92. The number of hydrogen-bond acceptors (Lipinski definition) is 3. The maximum Gasteiger partial charge on any atom is 0.244 e. The van der Waals surface area contributed by atoms with Crippen molar-refractivity contribution in [1.29, 1.82) is 0 Å². The lowest BCUT2D eigenvalue weighted by Crippen LogP contribution is -1.87. The normalized spacial score (nSPS) is 12.8. The monoisotopic (exact) mass is 244 g/mol. The van der Waals surface area contributed by atoms with Crippen molar-refractivity contribution in [1.82, 2.24) is 10.1 Å². The molecule has 0 aliphatic heterocycles. The molecule has 0 aliphatic rings. The topological polar surface area (TPSA) is 38.9 Å². The highest BCUT2D eigenvalue weighted by molar-refractivity contribution is 6.20. The Morgan fingerprint density at radius 3 is 2.38 bits per heavy atom. The molecule has 0 bridgehead atoms. The lowest BCUT2D eigenvalue weighted by Gasteiger charge is -1.95. The number of nitrogens with zero attached hydrogens (tertiary/aromatic N) is 2. The molecule has 0 radical (unpaired) electrons. The van der Waals surface area contributed by atoms with E-state index in [9.17, 15) is 8.78 Å². The molecule has 0 saturated heterocycles. The van der Waals surface area contributed by atoms with E-state index in [2.05, 4.69) is 10.1 Å². The first-order valence-corrected chi connectivity index (χ1v) is 4.94. The number of aromatic nitrogens is 2. The van der Waals surface area contributed by atoms with Crippen LogP contribution in [0.1, 0.15) is 18.2 Å². The molecule has 16 heavy (non-hydrogen) atoms. The van der Waals surface area contributed by atoms with Gasteiger partial charge >= 0.3 is 0 Å². The van der Waals surface area contributed by atoms with E-state index in [0.717, 1.165) is 18.2 Å². The first-order valence-electron chi connectivity index (χ1n) is 4.50. The van der Waals surface area contributed by atoms with Crippen molar-refractivity contribution in [2.24, 2.45) is 0 Å². The third-order valence-electron chi connectivity index (χ3n) is 1.90. The van der Waals surface area contributed by atoms with Crippen molar-refractivity contribution in [2.75, 3.05) is 0 Å². The van der Waals surface area contributed by atoms with Crippen LogP contribution < -0.4 is 0 Å². The van der Waals surface area contributed by atoms with Gasteiger partial charge in [-0.15, -0.1) is 11.6 Å². The van der Waals surface area contributed by atoms with E-state index in [0.29, 0.717) is 0 Å². The molecule has 0 amide bonds. The Hall–Kier alpha value is -1.49. The Morgan fingerprint density at radius 2 is 1.88 bits per heavy atom. The Bertz CT molecular complexity index is 493. The molecule has 1 aromatic heterocycles. The highest BCUT2D eigenvalue weighted by atomic mass is 35.5. The molecule has 2 rings (SSSR count). The zero-order chi connectivity index (χ0) is 11.7. The standard InChI is InChI=1S/C10H7ClF2N2O/c1-5(11)10-14-9(15-16-10)6-2-7(12)4-8(13)3-6/h2-5H,1H3. The number of rotatable bonds is 2. The van der Waals surface area contributed by atoms with Crippen LogP contribution >= 0.6 is 11.6 Å². The zero-order valence-electron chi connectivity index (χ0n) is 8.25. The van der Waals surface area contributed by atoms with Gasteiger partial charge in [0.1, 0.15) is 17.0 Å². The van der Waals surface area contributed by atoms with Gasteiger partial charge in [0.25, 0.3) is 0 Å². The summed E-state index contributed by atoms with van der Waals surface area (Å²) in [5, 5.41) is 3.14. The predicted molar refractivity (Wildman–Crippen MR) is 53.9 cm³/mol. The fraction of sp³-hybridized carbons (Fsp3) is 0.200. The Kier molecular flexibility index (Phi) is 2.87. The van der Waals surface area contributed by atoms with Gasteiger partial charge in [-0.1, -0.05) is 5.16 Å². The van der Waals surface area contributed by atoms with Crippen LogP contribution in [0.3, 0.4) is 0 Å². The van der Waals surface area contributed by atoms with E-state index in [1.165, 1.54) is 0 Å². The summed E-state index contributed by atoms with van der Waals surface area (Å²) < 4.78 is 30.7.